The first-order valence-electron chi connectivity index (χ1n) is 4.45. The van der Waals surface area contributed by atoms with Gasteiger partial charge in [-0.2, -0.15) is 0 Å². The maximum atomic E-state index is 11.7. The number of benzene rings is 1. The first-order chi connectivity index (χ1) is 7.82. The standard InChI is InChI=1S/C10H6Cl4O3/c1-2-3(15)4-5(10(16)17)7(12)9(14)8(13)6(4)11/h2H2,1H3,(H,16,17). The highest BCUT2D eigenvalue weighted by atomic mass is 35.5. The van der Waals surface area contributed by atoms with Crippen molar-refractivity contribution in [2.24, 2.45) is 0 Å². The molecule has 17 heavy (non-hydrogen) atoms. The zero-order valence-corrected chi connectivity index (χ0v) is 11.5. The number of hydrogen-bond donors (Lipinski definition) is 1. The Morgan fingerprint density at radius 3 is 1.71 bits per heavy atom. The van der Waals surface area contributed by atoms with Crippen molar-refractivity contribution in [3.05, 3.63) is 31.2 Å². The van der Waals surface area contributed by atoms with Crippen LogP contribution >= 0.6 is 46.4 Å². The molecule has 0 aliphatic carbocycles. The van der Waals surface area contributed by atoms with E-state index >= 15 is 0 Å². The molecule has 0 aliphatic heterocycles. The fourth-order valence-corrected chi connectivity index (χ4v) is 2.31. The van der Waals surface area contributed by atoms with E-state index in [4.69, 9.17) is 51.5 Å². The summed E-state index contributed by atoms with van der Waals surface area (Å²) in [4.78, 5) is 22.7. The number of Topliss-reactive ketones (excluding diaryl/α,β-unsaturated/α-hetero) is 1. The number of carboxylic acid groups (broad SMARTS) is 1. The summed E-state index contributed by atoms with van der Waals surface area (Å²) in [6.45, 7) is 1.57. The summed E-state index contributed by atoms with van der Waals surface area (Å²) in [7, 11) is 0. The zero-order valence-electron chi connectivity index (χ0n) is 8.48. The Morgan fingerprint density at radius 2 is 1.35 bits per heavy atom. The van der Waals surface area contributed by atoms with Crippen molar-refractivity contribution in [2.45, 2.75) is 13.3 Å². The lowest BCUT2D eigenvalue weighted by atomic mass is 10.0. The second-order valence-corrected chi connectivity index (χ2v) is 4.60. The third kappa shape index (κ3) is 2.52. The maximum Gasteiger partial charge on any atom is 0.338 e. The lowest BCUT2D eigenvalue weighted by molar-refractivity contribution is 0.0692. The van der Waals surface area contributed by atoms with Gasteiger partial charge < -0.3 is 5.11 Å². The van der Waals surface area contributed by atoms with Gasteiger partial charge in [0.05, 0.1) is 31.2 Å². The van der Waals surface area contributed by atoms with Gasteiger partial charge in [-0.25, -0.2) is 4.79 Å². The number of carbonyl (C=O) groups excluding carboxylic acids is 1. The molecule has 0 radical (unpaired) electrons. The van der Waals surface area contributed by atoms with Crippen LogP contribution in [0, 0.1) is 0 Å². The van der Waals surface area contributed by atoms with Crippen LogP contribution in [0.25, 0.3) is 0 Å². The lowest BCUT2D eigenvalue weighted by Gasteiger charge is -2.12. The molecule has 0 bridgehead atoms. The van der Waals surface area contributed by atoms with E-state index in [9.17, 15) is 9.59 Å². The molecule has 0 unspecified atom stereocenters. The van der Waals surface area contributed by atoms with Crippen LogP contribution in [0.2, 0.25) is 20.1 Å². The monoisotopic (exact) mass is 314 g/mol. The molecular weight excluding hydrogens is 310 g/mol. The molecule has 1 N–H and O–H groups in total. The molecule has 1 rings (SSSR count). The lowest BCUT2D eigenvalue weighted by Crippen LogP contribution is -2.10. The van der Waals surface area contributed by atoms with E-state index in [1.54, 1.807) is 6.92 Å². The van der Waals surface area contributed by atoms with E-state index in [1.807, 2.05) is 0 Å². The normalized spacial score (nSPS) is 10.4. The van der Waals surface area contributed by atoms with Gasteiger partial charge in [-0.3, -0.25) is 4.79 Å². The van der Waals surface area contributed by atoms with Crippen LogP contribution < -0.4 is 0 Å². The van der Waals surface area contributed by atoms with Gasteiger partial charge in [0.1, 0.15) is 0 Å². The summed E-state index contributed by atoms with van der Waals surface area (Å²) in [5.41, 5.74) is -0.626. The van der Waals surface area contributed by atoms with Crippen LogP contribution in [0.4, 0.5) is 0 Å². The Hall–Kier alpha value is -0.480. The minimum Gasteiger partial charge on any atom is -0.478 e. The molecule has 0 aromatic heterocycles. The topological polar surface area (TPSA) is 54.4 Å². The minimum atomic E-state index is -1.38. The third-order valence-electron chi connectivity index (χ3n) is 2.08. The molecule has 0 spiro atoms. The molecule has 0 atom stereocenters. The molecule has 0 saturated carbocycles. The number of rotatable bonds is 3. The van der Waals surface area contributed by atoms with Crippen LogP contribution in [0.3, 0.4) is 0 Å². The summed E-state index contributed by atoms with van der Waals surface area (Å²) >= 11 is 23.1. The maximum absolute atomic E-state index is 11.7. The van der Waals surface area contributed by atoms with Gasteiger partial charge in [0, 0.05) is 6.42 Å². The van der Waals surface area contributed by atoms with Crippen molar-refractivity contribution in [1.29, 1.82) is 0 Å². The van der Waals surface area contributed by atoms with Crippen molar-refractivity contribution in [2.75, 3.05) is 0 Å². The van der Waals surface area contributed by atoms with E-state index < -0.39 is 17.3 Å². The summed E-state index contributed by atoms with van der Waals surface area (Å²) < 4.78 is 0. The first-order valence-corrected chi connectivity index (χ1v) is 5.96. The average Bonchev–Trinajstić information content (AvgIpc) is 2.29. The fourth-order valence-electron chi connectivity index (χ4n) is 1.27. The van der Waals surface area contributed by atoms with Crippen LogP contribution in [-0.4, -0.2) is 16.9 Å². The van der Waals surface area contributed by atoms with Crippen molar-refractivity contribution >= 4 is 58.2 Å². The van der Waals surface area contributed by atoms with Crippen LogP contribution in [0.5, 0.6) is 0 Å². The molecular formula is C10H6Cl4O3. The number of halogens is 4. The number of carboxylic acids is 1. The number of carbonyl (C=O) groups is 2. The highest BCUT2D eigenvalue weighted by Gasteiger charge is 2.27. The Balaban J connectivity index is 3.78. The Kier molecular flexibility index (Phi) is 4.67. The molecule has 92 valence electrons. The average molecular weight is 316 g/mol. The largest absolute Gasteiger partial charge is 0.478 e. The molecule has 1 aromatic rings. The molecule has 1 aromatic carbocycles. The van der Waals surface area contributed by atoms with Crippen molar-refractivity contribution in [1.82, 2.24) is 0 Å². The molecule has 0 heterocycles. The number of aromatic carboxylic acids is 1. The van der Waals surface area contributed by atoms with E-state index in [0.717, 1.165) is 0 Å². The quantitative estimate of drug-likeness (QED) is 0.504. The van der Waals surface area contributed by atoms with E-state index in [0.29, 0.717) is 0 Å². The summed E-state index contributed by atoms with van der Waals surface area (Å²) in [6, 6.07) is 0. The third-order valence-corrected chi connectivity index (χ3v) is 3.88. The van der Waals surface area contributed by atoms with E-state index in [-0.39, 0.29) is 32.1 Å². The molecule has 0 amide bonds. The number of hydrogen-bond acceptors (Lipinski definition) is 2. The smallest absolute Gasteiger partial charge is 0.338 e. The van der Waals surface area contributed by atoms with Gasteiger partial charge >= 0.3 is 5.97 Å². The molecule has 7 heteroatoms. The SMILES string of the molecule is CCC(=O)c1c(Cl)c(Cl)c(Cl)c(Cl)c1C(=O)O. The Morgan fingerprint density at radius 1 is 0.941 bits per heavy atom. The molecule has 3 nitrogen and oxygen atoms in total. The summed E-state index contributed by atoms with van der Waals surface area (Å²) in [5, 5.41) is 8.26. The summed E-state index contributed by atoms with van der Waals surface area (Å²) in [6.07, 6.45) is 0.0777. The van der Waals surface area contributed by atoms with Crippen LogP contribution in [0.15, 0.2) is 0 Å². The Labute approximate surface area is 117 Å². The van der Waals surface area contributed by atoms with Gasteiger partial charge in [0.2, 0.25) is 0 Å². The predicted molar refractivity (Wildman–Crippen MR) is 68.1 cm³/mol. The van der Waals surface area contributed by atoms with Crippen molar-refractivity contribution < 1.29 is 14.7 Å². The Bertz CT molecular complexity index is 511. The first kappa shape index (κ1) is 14.6. The fraction of sp³-hybridized carbons (Fsp3) is 0.200. The second-order valence-electron chi connectivity index (χ2n) is 3.09. The van der Waals surface area contributed by atoms with Gasteiger partial charge in [-0.15, -0.1) is 0 Å². The van der Waals surface area contributed by atoms with E-state index in [2.05, 4.69) is 0 Å². The highest BCUT2D eigenvalue weighted by molar-refractivity contribution is 6.54. The van der Waals surface area contributed by atoms with Crippen molar-refractivity contribution in [3.63, 3.8) is 0 Å². The minimum absolute atomic E-state index is 0.0777. The van der Waals surface area contributed by atoms with Gasteiger partial charge in [0.15, 0.2) is 5.78 Å². The predicted octanol–water partition coefficient (Wildman–Crippen LogP) is 4.59. The van der Waals surface area contributed by atoms with Crippen LogP contribution in [-0.2, 0) is 0 Å². The van der Waals surface area contributed by atoms with Gasteiger partial charge in [-0.1, -0.05) is 53.3 Å². The number of ketones is 1. The van der Waals surface area contributed by atoms with Gasteiger partial charge in [-0.05, 0) is 0 Å². The molecule has 0 saturated heterocycles. The highest BCUT2D eigenvalue weighted by Crippen LogP contribution is 2.41. The zero-order chi connectivity index (χ0) is 13.3. The molecule has 0 aliphatic rings. The molecule has 0 fully saturated rings. The van der Waals surface area contributed by atoms with E-state index in [1.165, 1.54) is 0 Å². The van der Waals surface area contributed by atoms with Gasteiger partial charge in [0.25, 0.3) is 0 Å². The second kappa shape index (κ2) is 5.44. The van der Waals surface area contributed by atoms with Crippen LogP contribution in [0.1, 0.15) is 34.1 Å². The summed E-state index contributed by atoms with van der Waals surface area (Å²) in [5.74, 6) is -1.85. The van der Waals surface area contributed by atoms with Crippen molar-refractivity contribution in [3.8, 4) is 0 Å².